The van der Waals surface area contributed by atoms with Gasteiger partial charge in [0.15, 0.2) is 0 Å². The Morgan fingerprint density at radius 2 is 0.731 bits per heavy atom. The van der Waals surface area contributed by atoms with Crippen molar-refractivity contribution in [1.82, 2.24) is 0 Å². The molecule has 0 N–H and O–H groups in total. The SMILES string of the molecule is [2H]CC(=O)CCCC(=O)CCC(=O)CCC(=O)CCC(=O)CCCC(=O)C[2H]. The maximum absolute atomic E-state index is 11.8. The summed E-state index contributed by atoms with van der Waals surface area (Å²) in [6, 6.07) is 0. The van der Waals surface area contributed by atoms with Crippen LogP contribution in [0.2, 0.25) is 0 Å². The van der Waals surface area contributed by atoms with Crippen LogP contribution in [0.4, 0.5) is 0 Å². The standard InChI is InChI=1S/C20H30O6/c1-15(21)5-3-7-17(23)9-11-19(25)13-14-20(26)12-10-18(24)8-4-6-16(2)22/h3-14H2,1-2H3/i1D,2D. The van der Waals surface area contributed by atoms with Crippen molar-refractivity contribution in [3.8, 4) is 0 Å². The van der Waals surface area contributed by atoms with E-state index in [0.29, 0.717) is 12.8 Å². The highest BCUT2D eigenvalue weighted by Crippen LogP contribution is 2.08. The number of carbonyl (C=O) groups excluding carboxylic acids is 6. The molecule has 0 rings (SSSR count). The molecule has 0 bridgehead atoms. The Morgan fingerprint density at radius 1 is 0.462 bits per heavy atom. The van der Waals surface area contributed by atoms with Gasteiger partial charge in [-0.3, -0.25) is 19.2 Å². The van der Waals surface area contributed by atoms with Crippen molar-refractivity contribution in [2.45, 2.75) is 90.8 Å². The van der Waals surface area contributed by atoms with Gasteiger partial charge in [0.05, 0.1) is 0 Å². The van der Waals surface area contributed by atoms with Gasteiger partial charge in [-0.1, -0.05) is 0 Å². The second-order valence-corrected chi connectivity index (χ2v) is 6.44. The number of hydrogen-bond donors (Lipinski definition) is 0. The fourth-order valence-corrected chi connectivity index (χ4v) is 2.30. The van der Waals surface area contributed by atoms with Crippen molar-refractivity contribution in [1.29, 1.82) is 0 Å². The van der Waals surface area contributed by atoms with E-state index >= 15 is 0 Å². The normalized spacial score (nSPS) is 11.4. The summed E-state index contributed by atoms with van der Waals surface area (Å²) in [5.74, 6) is -0.975. The highest BCUT2D eigenvalue weighted by Gasteiger charge is 2.12. The third-order valence-electron chi connectivity index (χ3n) is 3.87. The van der Waals surface area contributed by atoms with E-state index in [0.717, 1.165) is 0 Å². The van der Waals surface area contributed by atoms with Gasteiger partial charge in [-0.15, -0.1) is 0 Å². The Balaban J connectivity index is 3.78. The number of rotatable bonds is 17. The highest BCUT2D eigenvalue weighted by atomic mass is 16.1. The highest BCUT2D eigenvalue weighted by molar-refractivity contribution is 5.90. The molecular weight excluding hydrogens is 336 g/mol. The molecular formula is C20H30O6. The molecule has 0 saturated carbocycles. The summed E-state index contributed by atoms with van der Waals surface area (Å²) in [5, 5.41) is 0. The molecule has 6 nitrogen and oxygen atoms in total. The summed E-state index contributed by atoms with van der Waals surface area (Å²) in [7, 11) is 0. The summed E-state index contributed by atoms with van der Waals surface area (Å²) >= 11 is 0. The third kappa shape index (κ3) is 15.5. The van der Waals surface area contributed by atoms with Gasteiger partial charge < -0.3 is 9.59 Å². The molecule has 0 unspecified atom stereocenters. The molecule has 26 heavy (non-hydrogen) atoms. The first kappa shape index (κ1) is 20.3. The van der Waals surface area contributed by atoms with Crippen molar-refractivity contribution < 1.29 is 31.5 Å². The van der Waals surface area contributed by atoms with Crippen molar-refractivity contribution in [3.63, 3.8) is 0 Å². The molecule has 0 radical (unpaired) electrons. The van der Waals surface area contributed by atoms with Gasteiger partial charge in [0.2, 0.25) is 0 Å². The molecule has 0 saturated heterocycles. The quantitative estimate of drug-likeness (QED) is 0.391. The number of ketones is 6. The van der Waals surface area contributed by atoms with Crippen LogP contribution in [0, 0.1) is 0 Å². The average molecular weight is 368 g/mol. The molecule has 0 aliphatic rings. The smallest absolute Gasteiger partial charge is 0.133 e. The van der Waals surface area contributed by atoms with Crippen LogP contribution in [-0.2, 0) is 28.8 Å². The molecule has 0 amide bonds. The van der Waals surface area contributed by atoms with Crippen molar-refractivity contribution in [2.24, 2.45) is 0 Å². The zero-order chi connectivity index (χ0) is 21.4. The number of Topliss-reactive ketones (excluding diaryl/α,β-unsaturated/α-hetero) is 6. The van der Waals surface area contributed by atoms with Gasteiger partial charge >= 0.3 is 0 Å². The van der Waals surface area contributed by atoms with E-state index in [1.165, 1.54) is 0 Å². The maximum Gasteiger partial charge on any atom is 0.133 e. The maximum atomic E-state index is 11.8. The topological polar surface area (TPSA) is 102 Å². The second-order valence-electron chi connectivity index (χ2n) is 6.44. The molecule has 146 valence electrons. The Kier molecular flexibility index (Phi) is 11.1. The molecule has 6 heteroatoms. The van der Waals surface area contributed by atoms with Gasteiger partial charge in [0.25, 0.3) is 0 Å². The molecule has 0 spiro atoms. The van der Waals surface area contributed by atoms with Gasteiger partial charge in [-0.05, 0) is 26.6 Å². The largest absolute Gasteiger partial charge is 0.300 e. The van der Waals surface area contributed by atoms with Crippen LogP contribution in [0.1, 0.15) is 93.6 Å². The minimum atomic E-state index is -0.280. The van der Waals surface area contributed by atoms with Crippen molar-refractivity contribution in [3.05, 3.63) is 0 Å². The number of hydrogen-bond acceptors (Lipinski definition) is 6. The Hall–Kier alpha value is -1.98. The van der Waals surface area contributed by atoms with E-state index in [1.54, 1.807) is 0 Å². The molecule has 0 heterocycles. The fourth-order valence-electron chi connectivity index (χ4n) is 2.30. The van der Waals surface area contributed by atoms with Crippen molar-refractivity contribution >= 4 is 34.7 Å². The molecule has 0 aromatic carbocycles. The lowest BCUT2D eigenvalue weighted by Crippen LogP contribution is -2.09. The van der Waals surface area contributed by atoms with E-state index in [9.17, 15) is 28.8 Å². The Bertz CT molecular complexity index is 521. The predicted octanol–water partition coefficient (Wildman–Crippen LogP) is 3.12. The lowest BCUT2D eigenvalue weighted by molar-refractivity contribution is -0.127. The summed E-state index contributed by atoms with van der Waals surface area (Å²) < 4.78 is 13.7. The van der Waals surface area contributed by atoms with Crippen LogP contribution in [0.25, 0.3) is 0 Å². The summed E-state index contributed by atoms with van der Waals surface area (Å²) in [4.78, 5) is 68.7. The van der Waals surface area contributed by atoms with Gasteiger partial charge in [-0.25, -0.2) is 0 Å². The van der Waals surface area contributed by atoms with Crippen LogP contribution < -0.4 is 0 Å². The van der Waals surface area contributed by atoms with Gasteiger partial charge in [0.1, 0.15) is 34.7 Å². The van der Waals surface area contributed by atoms with Gasteiger partial charge in [0, 0.05) is 66.9 Å². The van der Waals surface area contributed by atoms with Crippen LogP contribution in [0.3, 0.4) is 0 Å². The monoisotopic (exact) mass is 368 g/mol. The minimum Gasteiger partial charge on any atom is -0.300 e. The molecule has 0 atom stereocenters. The van der Waals surface area contributed by atoms with Gasteiger partial charge in [-0.2, -0.15) is 0 Å². The second kappa shape index (κ2) is 14.2. The summed E-state index contributed by atoms with van der Waals surface area (Å²) in [5.41, 5.74) is 0. The van der Waals surface area contributed by atoms with E-state index in [-0.39, 0.29) is 113 Å². The lowest BCUT2D eigenvalue weighted by Gasteiger charge is -2.02. The van der Waals surface area contributed by atoms with Crippen LogP contribution in [0.5, 0.6) is 0 Å². The molecule has 0 aromatic heterocycles. The third-order valence-corrected chi connectivity index (χ3v) is 3.87. The Morgan fingerprint density at radius 3 is 1.00 bits per heavy atom. The van der Waals surface area contributed by atoms with Crippen LogP contribution >= 0.6 is 0 Å². The van der Waals surface area contributed by atoms with Crippen LogP contribution in [0.15, 0.2) is 0 Å². The first-order valence-corrected chi connectivity index (χ1v) is 8.97. The van der Waals surface area contributed by atoms with E-state index in [1.807, 2.05) is 0 Å². The molecule has 0 fully saturated rings. The zero-order valence-corrected chi connectivity index (χ0v) is 15.3. The lowest BCUT2D eigenvalue weighted by atomic mass is 10.0. The van der Waals surface area contributed by atoms with Crippen LogP contribution in [-0.4, -0.2) is 34.7 Å². The zero-order valence-electron chi connectivity index (χ0n) is 17.3. The van der Waals surface area contributed by atoms with Crippen molar-refractivity contribution in [2.75, 3.05) is 0 Å². The molecule has 0 aromatic rings. The molecule has 0 aliphatic carbocycles. The molecule has 0 aliphatic heterocycles. The minimum absolute atomic E-state index is 0.0512. The van der Waals surface area contributed by atoms with E-state index in [4.69, 9.17) is 2.74 Å². The average Bonchev–Trinajstić information content (AvgIpc) is 2.68. The fraction of sp³-hybridized carbons (Fsp3) is 0.700. The predicted molar refractivity (Wildman–Crippen MR) is 96.8 cm³/mol. The first-order valence-electron chi connectivity index (χ1n) is 10.4. The number of carbonyl (C=O) groups is 6. The van der Waals surface area contributed by atoms with E-state index in [2.05, 4.69) is 0 Å². The summed E-state index contributed by atoms with van der Waals surface area (Å²) in [6.07, 6.45) is 2.07. The van der Waals surface area contributed by atoms with E-state index < -0.39 is 0 Å². The Labute approximate surface area is 157 Å². The first-order chi connectivity index (χ1) is 13.3. The summed E-state index contributed by atoms with van der Waals surface area (Å²) in [6.45, 7) is -0.560.